The second-order valence-electron chi connectivity index (χ2n) is 5.86. The van der Waals surface area contributed by atoms with Gasteiger partial charge in [-0.1, -0.05) is 6.07 Å². The molecule has 3 heterocycles. The zero-order valence-corrected chi connectivity index (χ0v) is 14.1. The third-order valence-electron chi connectivity index (χ3n) is 3.97. The quantitative estimate of drug-likeness (QED) is 0.560. The lowest BCUT2D eigenvalue weighted by Gasteiger charge is -2.09. The van der Waals surface area contributed by atoms with E-state index in [1.165, 1.54) is 18.4 Å². The van der Waals surface area contributed by atoms with Crippen LogP contribution in [-0.4, -0.2) is 15.9 Å². The van der Waals surface area contributed by atoms with E-state index < -0.39 is 0 Å². The highest BCUT2D eigenvalue weighted by Gasteiger charge is 2.14. The molecule has 0 spiro atoms. The normalized spacial score (nSPS) is 10.7. The van der Waals surface area contributed by atoms with Crippen molar-refractivity contribution in [1.82, 2.24) is 15.3 Å². The van der Waals surface area contributed by atoms with E-state index in [0.717, 1.165) is 10.9 Å². The first kappa shape index (κ1) is 16.7. The van der Waals surface area contributed by atoms with Crippen molar-refractivity contribution in [2.45, 2.75) is 6.54 Å². The molecule has 0 aliphatic rings. The Kier molecular flexibility index (Phi) is 4.49. The number of nitrogens with zero attached hydrogens (tertiary/aromatic N) is 2. The van der Waals surface area contributed by atoms with Crippen LogP contribution in [0.1, 0.15) is 16.1 Å². The van der Waals surface area contributed by atoms with Crippen molar-refractivity contribution < 1.29 is 13.6 Å². The number of carbonyl (C=O) groups excluding carboxylic acids is 1. The molecule has 0 saturated heterocycles. The van der Waals surface area contributed by atoms with E-state index in [4.69, 9.17) is 4.42 Å². The lowest BCUT2D eigenvalue weighted by Crippen LogP contribution is -2.24. The van der Waals surface area contributed by atoms with Gasteiger partial charge < -0.3 is 15.1 Å². The fourth-order valence-electron chi connectivity index (χ4n) is 2.62. The highest BCUT2D eigenvalue weighted by Crippen LogP contribution is 2.26. The highest BCUT2D eigenvalue weighted by molar-refractivity contribution is 5.99. The number of rotatable bonds is 5. The van der Waals surface area contributed by atoms with Crippen LogP contribution in [-0.2, 0) is 6.54 Å². The molecule has 2 N–H and O–H groups in total. The maximum Gasteiger partial charge on any atom is 0.270 e. The zero-order chi connectivity index (χ0) is 18.6. The van der Waals surface area contributed by atoms with Crippen molar-refractivity contribution >= 4 is 28.4 Å². The highest BCUT2D eigenvalue weighted by atomic mass is 19.1. The van der Waals surface area contributed by atoms with E-state index in [1.807, 2.05) is 6.07 Å². The van der Waals surface area contributed by atoms with Gasteiger partial charge in [-0.25, -0.2) is 9.37 Å². The summed E-state index contributed by atoms with van der Waals surface area (Å²) in [5.74, 6) is -0.204. The number of halogens is 1. The van der Waals surface area contributed by atoms with Crippen LogP contribution in [0.5, 0.6) is 0 Å². The molecule has 3 aromatic heterocycles. The molecule has 0 bridgehead atoms. The Labute approximate surface area is 154 Å². The fourth-order valence-corrected chi connectivity index (χ4v) is 2.62. The molecule has 0 unspecified atom stereocenters. The molecule has 1 amide bonds. The molecule has 0 fully saturated rings. The standard InChI is InChI=1S/C20H15FN4O2/c21-14-3-5-15(6-4-14)24-19-16-7-9-27-18(16)10-17(25-19)20(26)23-12-13-2-1-8-22-11-13/h1-11H,12H2,(H,23,26)(H,24,25). The van der Waals surface area contributed by atoms with Gasteiger partial charge in [-0.15, -0.1) is 0 Å². The molecule has 6 nitrogen and oxygen atoms in total. The van der Waals surface area contributed by atoms with Gasteiger partial charge in [-0.2, -0.15) is 0 Å². The second kappa shape index (κ2) is 7.25. The van der Waals surface area contributed by atoms with Gasteiger partial charge in [0.25, 0.3) is 5.91 Å². The summed E-state index contributed by atoms with van der Waals surface area (Å²) < 4.78 is 18.5. The van der Waals surface area contributed by atoms with Crippen LogP contribution >= 0.6 is 0 Å². The smallest absolute Gasteiger partial charge is 0.270 e. The van der Waals surface area contributed by atoms with Crippen LogP contribution in [0, 0.1) is 5.82 Å². The van der Waals surface area contributed by atoms with E-state index in [0.29, 0.717) is 23.6 Å². The topological polar surface area (TPSA) is 80.0 Å². The van der Waals surface area contributed by atoms with Gasteiger partial charge in [0.15, 0.2) is 0 Å². The van der Waals surface area contributed by atoms with Crippen LogP contribution in [0.4, 0.5) is 15.9 Å². The van der Waals surface area contributed by atoms with Crippen LogP contribution in [0.25, 0.3) is 11.0 Å². The predicted octanol–water partition coefficient (Wildman–Crippen LogP) is 4.04. The van der Waals surface area contributed by atoms with Crippen LogP contribution in [0.3, 0.4) is 0 Å². The largest absolute Gasteiger partial charge is 0.464 e. The summed E-state index contributed by atoms with van der Waals surface area (Å²) in [5.41, 5.74) is 2.28. The van der Waals surface area contributed by atoms with E-state index in [9.17, 15) is 9.18 Å². The Morgan fingerprint density at radius 1 is 1.15 bits per heavy atom. The molecule has 7 heteroatoms. The SMILES string of the molecule is O=C(NCc1cccnc1)c1cc2occc2c(Nc2ccc(F)cc2)n1. The summed E-state index contributed by atoms with van der Waals surface area (Å²) in [6.07, 6.45) is 4.88. The van der Waals surface area contributed by atoms with Gasteiger partial charge in [-0.3, -0.25) is 9.78 Å². The summed E-state index contributed by atoms with van der Waals surface area (Å²) >= 11 is 0. The number of carbonyl (C=O) groups is 1. The fraction of sp³-hybridized carbons (Fsp3) is 0.0500. The van der Waals surface area contributed by atoms with Gasteiger partial charge >= 0.3 is 0 Å². The number of hydrogen-bond acceptors (Lipinski definition) is 5. The van der Waals surface area contributed by atoms with Crippen LogP contribution < -0.4 is 10.6 Å². The summed E-state index contributed by atoms with van der Waals surface area (Å²) in [6.45, 7) is 0.339. The molecule has 4 aromatic rings. The maximum atomic E-state index is 13.1. The molecule has 4 rings (SSSR count). The maximum absolute atomic E-state index is 13.1. The van der Waals surface area contributed by atoms with Crippen molar-refractivity contribution in [3.63, 3.8) is 0 Å². The summed E-state index contributed by atoms with van der Waals surface area (Å²) in [4.78, 5) is 20.9. The Balaban J connectivity index is 1.59. The second-order valence-corrected chi connectivity index (χ2v) is 5.86. The van der Waals surface area contributed by atoms with Crippen molar-refractivity contribution in [3.8, 4) is 0 Å². The summed E-state index contributed by atoms with van der Waals surface area (Å²) in [5, 5.41) is 6.64. The van der Waals surface area contributed by atoms with Crippen molar-refractivity contribution in [3.05, 3.63) is 84.3 Å². The number of aromatic nitrogens is 2. The first-order valence-corrected chi connectivity index (χ1v) is 8.27. The van der Waals surface area contributed by atoms with Crippen LogP contribution in [0.2, 0.25) is 0 Å². The average molecular weight is 362 g/mol. The minimum absolute atomic E-state index is 0.214. The molecule has 0 saturated carbocycles. The van der Waals surface area contributed by atoms with Crippen molar-refractivity contribution in [2.24, 2.45) is 0 Å². The number of furan rings is 1. The number of amides is 1. The molecule has 0 radical (unpaired) electrons. The number of fused-ring (bicyclic) bond motifs is 1. The van der Waals surface area contributed by atoms with Crippen molar-refractivity contribution in [2.75, 3.05) is 5.32 Å². The van der Waals surface area contributed by atoms with Gasteiger partial charge in [0.05, 0.1) is 11.6 Å². The molecule has 0 aliphatic carbocycles. The van der Waals surface area contributed by atoms with E-state index in [1.54, 1.807) is 42.7 Å². The van der Waals surface area contributed by atoms with E-state index >= 15 is 0 Å². The molecule has 1 aromatic carbocycles. The summed E-state index contributed by atoms with van der Waals surface area (Å²) in [7, 11) is 0. The number of anilines is 2. The number of pyridine rings is 2. The van der Waals surface area contributed by atoms with E-state index in [2.05, 4.69) is 20.6 Å². The van der Waals surface area contributed by atoms with Crippen molar-refractivity contribution in [1.29, 1.82) is 0 Å². The third kappa shape index (κ3) is 3.77. The number of hydrogen-bond donors (Lipinski definition) is 2. The average Bonchev–Trinajstić information content (AvgIpc) is 3.17. The van der Waals surface area contributed by atoms with Gasteiger partial charge in [-0.05, 0) is 42.0 Å². The Bertz CT molecular complexity index is 1080. The van der Waals surface area contributed by atoms with Gasteiger partial charge in [0, 0.05) is 30.7 Å². The van der Waals surface area contributed by atoms with Crippen LogP contribution in [0.15, 0.2) is 71.6 Å². The zero-order valence-electron chi connectivity index (χ0n) is 14.1. The van der Waals surface area contributed by atoms with Gasteiger partial charge in [0.2, 0.25) is 0 Å². The lowest BCUT2D eigenvalue weighted by atomic mass is 10.2. The predicted molar refractivity (Wildman–Crippen MR) is 99.1 cm³/mol. The Hall–Kier alpha value is -3.74. The monoisotopic (exact) mass is 362 g/mol. The molecule has 134 valence electrons. The minimum Gasteiger partial charge on any atom is -0.464 e. The lowest BCUT2D eigenvalue weighted by molar-refractivity contribution is 0.0946. The van der Waals surface area contributed by atoms with E-state index in [-0.39, 0.29) is 17.4 Å². The third-order valence-corrected chi connectivity index (χ3v) is 3.97. The number of benzene rings is 1. The first-order valence-electron chi connectivity index (χ1n) is 8.27. The molecular weight excluding hydrogens is 347 g/mol. The Morgan fingerprint density at radius 3 is 2.78 bits per heavy atom. The first-order chi connectivity index (χ1) is 13.2. The molecular formula is C20H15FN4O2. The van der Waals surface area contributed by atoms with Gasteiger partial charge in [0.1, 0.15) is 22.9 Å². The molecule has 0 atom stereocenters. The molecule has 0 aliphatic heterocycles. The Morgan fingerprint density at radius 2 is 2.00 bits per heavy atom. The minimum atomic E-state index is -0.334. The molecule has 27 heavy (non-hydrogen) atoms. The summed E-state index contributed by atoms with van der Waals surface area (Å²) in [6, 6.07) is 12.9. The number of nitrogens with one attached hydrogen (secondary N) is 2.